The van der Waals surface area contributed by atoms with Crippen molar-refractivity contribution in [3.63, 3.8) is 0 Å². The summed E-state index contributed by atoms with van der Waals surface area (Å²) in [7, 11) is -3.96. The number of aliphatic hydroxyl groups excluding tert-OH is 1. The van der Waals surface area contributed by atoms with Crippen molar-refractivity contribution in [2.45, 2.75) is 13.2 Å². The topological polar surface area (TPSA) is 102 Å². The van der Waals surface area contributed by atoms with Crippen LogP contribution >= 0.6 is 0 Å². The van der Waals surface area contributed by atoms with E-state index in [-0.39, 0.29) is 33.0 Å². The zero-order valence-corrected chi connectivity index (χ0v) is 9.98. The van der Waals surface area contributed by atoms with Crippen molar-refractivity contribution < 1.29 is 32.3 Å². The minimum absolute atomic E-state index is 0.0709. The standard InChI is InChI=1S/C8H18O7S/c1-8(14-3-2-9)15-5-4-13-6-7-16(10,11)12/h8-9H,2-7H2,1H3,(H,10,11,12). The average molecular weight is 258 g/mol. The first kappa shape index (κ1) is 15.8. The van der Waals surface area contributed by atoms with E-state index in [2.05, 4.69) is 0 Å². The van der Waals surface area contributed by atoms with Gasteiger partial charge in [-0.3, -0.25) is 4.55 Å². The predicted octanol–water partition coefficient (Wildman–Crippen LogP) is -0.738. The SMILES string of the molecule is CC(OCCO)OCCOCCS(=O)(=O)O. The van der Waals surface area contributed by atoms with Crippen LogP contribution in [0.5, 0.6) is 0 Å². The molecule has 0 aliphatic carbocycles. The third kappa shape index (κ3) is 11.8. The molecule has 1 unspecified atom stereocenters. The molecule has 0 heterocycles. The van der Waals surface area contributed by atoms with E-state index >= 15 is 0 Å². The normalized spacial score (nSPS) is 13.9. The van der Waals surface area contributed by atoms with Gasteiger partial charge in [-0.15, -0.1) is 0 Å². The number of aliphatic hydroxyl groups is 1. The molecule has 0 radical (unpaired) electrons. The third-order valence-electron chi connectivity index (χ3n) is 1.51. The van der Waals surface area contributed by atoms with Gasteiger partial charge in [-0.25, -0.2) is 0 Å². The largest absolute Gasteiger partial charge is 0.394 e. The highest BCUT2D eigenvalue weighted by molar-refractivity contribution is 7.85. The summed E-state index contributed by atoms with van der Waals surface area (Å²) in [5, 5.41) is 8.45. The van der Waals surface area contributed by atoms with E-state index < -0.39 is 22.2 Å². The Morgan fingerprint density at radius 1 is 1.12 bits per heavy atom. The van der Waals surface area contributed by atoms with E-state index in [9.17, 15) is 8.42 Å². The summed E-state index contributed by atoms with van der Waals surface area (Å²) in [6, 6.07) is 0. The average Bonchev–Trinajstić information content (AvgIpc) is 2.18. The molecule has 0 aliphatic rings. The monoisotopic (exact) mass is 258 g/mol. The van der Waals surface area contributed by atoms with Crippen LogP contribution < -0.4 is 0 Å². The van der Waals surface area contributed by atoms with E-state index in [0.29, 0.717) is 0 Å². The molecule has 0 saturated carbocycles. The van der Waals surface area contributed by atoms with Crippen LogP contribution in [-0.2, 0) is 24.3 Å². The summed E-state index contributed by atoms with van der Waals surface area (Å²) in [6.45, 7) is 2.19. The van der Waals surface area contributed by atoms with Crippen molar-refractivity contribution in [2.75, 3.05) is 38.8 Å². The maximum Gasteiger partial charge on any atom is 0.267 e. The second-order valence-corrected chi connectivity index (χ2v) is 4.50. The number of hydrogen-bond acceptors (Lipinski definition) is 6. The molecule has 16 heavy (non-hydrogen) atoms. The molecular weight excluding hydrogens is 240 g/mol. The maximum atomic E-state index is 10.3. The summed E-state index contributed by atoms with van der Waals surface area (Å²) < 4.78 is 43.9. The van der Waals surface area contributed by atoms with Gasteiger partial charge in [0, 0.05) is 0 Å². The zero-order valence-electron chi connectivity index (χ0n) is 9.16. The molecule has 0 aliphatic heterocycles. The minimum Gasteiger partial charge on any atom is -0.394 e. The Balaban J connectivity index is 3.27. The lowest BCUT2D eigenvalue weighted by atomic mass is 10.7. The fourth-order valence-corrected chi connectivity index (χ4v) is 1.13. The van der Waals surface area contributed by atoms with Gasteiger partial charge in [-0.1, -0.05) is 0 Å². The molecular formula is C8H18O7S. The van der Waals surface area contributed by atoms with Gasteiger partial charge in [0.1, 0.15) is 0 Å². The number of ether oxygens (including phenoxy) is 3. The summed E-state index contributed by atoms with van der Waals surface area (Å²) in [6.07, 6.45) is -0.447. The first-order chi connectivity index (χ1) is 7.45. The fourth-order valence-electron chi connectivity index (χ4n) is 0.806. The van der Waals surface area contributed by atoms with Gasteiger partial charge in [0.05, 0.1) is 38.8 Å². The third-order valence-corrected chi connectivity index (χ3v) is 2.19. The molecule has 0 spiro atoms. The minimum atomic E-state index is -3.96. The smallest absolute Gasteiger partial charge is 0.267 e. The Morgan fingerprint density at radius 3 is 2.31 bits per heavy atom. The van der Waals surface area contributed by atoms with Crippen molar-refractivity contribution in [3.05, 3.63) is 0 Å². The van der Waals surface area contributed by atoms with E-state index in [1.165, 1.54) is 0 Å². The van der Waals surface area contributed by atoms with Crippen molar-refractivity contribution in [1.29, 1.82) is 0 Å². The van der Waals surface area contributed by atoms with Crippen LogP contribution in [0.3, 0.4) is 0 Å². The lowest BCUT2D eigenvalue weighted by Crippen LogP contribution is -2.19. The summed E-state index contributed by atoms with van der Waals surface area (Å²) in [5.41, 5.74) is 0. The lowest BCUT2D eigenvalue weighted by molar-refractivity contribution is -0.143. The Bertz CT molecular complexity index is 251. The molecule has 0 aromatic rings. The fraction of sp³-hybridized carbons (Fsp3) is 1.00. The highest BCUT2D eigenvalue weighted by atomic mass is 32.2. The molecule has 0 bridgehead atoms. The van der Waals surface area contributed by atoms with Gasteiger partial charge >= 0.3 is 0 Å². The zero-order chi connectivity index (χ0) is 12.4. The summed E-state index contributed by atoms with van der Waals surface area (Å²) >= 11 is 0. The first-order valence-corrected chi connectivity index (χ1v) is 6.43. The van der Waals surface area contributed by atoms with Crippen molar-refractivity contribution >= 4 is 10.1 Å². The Labute approximate surface area is 95.1 Å². The second-order valence-electron chi connectivity index (χ2n) is 2.93. The molecule has 98 valence electrons. The summed E-state index contributed by atoms with van der Waals surface area (Å²) in [5.74, 6) is -0.427. The van der Waals surface area contributed by atoms with Crippen LogP contribution in [-0.4, -0.2) is 63.2 Å². The molecule has 0 rings (SSSR count). The number of rotatable bonds is 10. The van der Waals surface area contributed by atoms with Gasteiger partial charge in [0.2, 0.25) is 0 Å². The van der Waals surface area contributed by atoms with E-state index in [1.807, 2.05) is 0 Å². The molecule has 0 saturated heterocycles. The van der Waals surface area contributed by atoms with Crippen LogP contribution in [0.1, 0.15) is 6.92 Å². The molecule has 2 N–H and O–H groups in total. The highest BCUT2D eigenvalue weighted by Gasteiger charge is 2.04. The van der Waals surface area contributed by atoms with Crippen LogP contribution in [0, 0.1) is 0 Å². The van der Waals surface area contributed by atoms with Gasteiger partial charge in [0.15, 0.2) is 6.29 Å². The van der Waals surface area contributed by atoms with E-state index in [0.717, 1.165) is 0 Å². The van der Waals surface area contributed by atoms with Crippen LogP contribution in [0.15, 0.2) is 0 Å². The van der Waals surface area contributed by atoms with Crippen molar-refractivity contribution in [2.24, 2.45) is 0 Å². The van der Waals surface area contributed by atoms with Gasteiger partial charge < -0.3 is 19.3 Å². The molecule has 8 heteroatoms. The Morgan fingerprint density at radius 2 is 1.75 bits per heavy atom. The lowest BCUT2D eigenvalue weighted by Gasteiger charge is -2.13. The maximum absolute atomic E-state index is 10.3. The number of hydrogen-bond donors (Lipinski definition) is 2. The van der Waals surface area contributed by atoms with Crippen LogP contribution in [0.4, 0.5) is 0 Å². The second kappa shape index (κ2) is 8.85. The highest BCUT2D eigenvalue weighted by Crippen LogP contribution is 1.93. The van der Waals surface area contributed by atoms with Crippen LogP contribution in [0.25, 0.3) is 0 Å². The molecule has 7 nitrogen and oxygen atoms in total. The molecule has 1 atom stereocenters. The molecule has 0 amide bonds. The first-order valence-electron chi connectivity index (χ1n) is 4.82. The quantitative estimate of drug-likeness (QED) is 0.302. The summed E-state index contributed by atoms with van der Waals surface area (Å²) in [4.78, 5) is 0. The van der Waals surface area contributed by atoms with E-state index in [4.69, 9.17) is 23.9 Å². The van der Waals surface area contributed by atoms with Crippen molar-refractivity contribution in [1.82, 2.24) is 0 Å². The molecule has 0 aromatic heterocycles. The predicted molar refractivity (Wildman–Crippen MR) is 55.7 cm³/mol. The molecule has 0 aromatic carbocycles. The molecule has 0 fully saturated rings. The van der Waals surface area contributed by atoms with Crippen molar-refractivity contribution in [3.8, 4) is 0 Å². The van der Waals surface area contributed by atoms with Crippen LogP contribution in [0.2, 0.25) is 0 Å². The van der Waals surface area contributed by atoms with Gasteiger partial charge in [-0.05, 0) is 6.92 Å². The Kier molecular flexibility index (Phi) is 8.71. The van der Waals surface area contributed by atoms with Gasteiger partial charge in [-0.2, -0.15) is 8.42 Å². The van der Waals surface area contributed by atoms with E-state index in [1.54, 1.807) is 6.92 Å². The van der Waals surface area contributed by atoms with Gasteiger partial charge in [0.25, 0.3) is 10.1 Å². The Hall–Kier alpha value is -0.250.